The van der Waals surface area contributed by atoms with Crippen molar-refractivity contribution in [3.05, 3.63) is 59.7 Å². The van der Waals surface area contributed by atoms with Crippen LogP contribution < -0.4 is 9.47 Å². The van der Waals surface area contributed by atoms with Gasteiger partial charge in [-0.25, -0.2) is 0 Å². The topological polar surface area (TPSA) is 35.5 Å². The first-order valence-corrected chi connectivity index (χ1v) is 7.30. The van der Waals surface area contributed by atoms with Gasteiger partial charge in [-0.15, -0.1) is 0 Å². The lowest BCUT2D eigenvalue weighted by atomic mass is 10.1. The molecule has 0 fully saturated rings. The first-order chi connectivity index (χ1) is 9.74. The van der Waals surface area contributed by atoms with Gasteiger partial charge in [0.1, 0.15) is 18.1 Å². The molecule has 2 rings (SSSR count). The molecule has 0 radical (unpaired) electrons. The maximum atomic E-state index is 11.7. The Bertz CT molecular complexity index is 582. The molecule has 0 saturated heterocycles. The van der Waals surface area contributed by atoms with Gasteiger partial charge in [0, 0.05) is 6.07 Å². The van der Waals surface area contributed by atoms with Crippen LogP contribution in [0.3, 0.4) is 0 Å². The van der Waals surface area contributed by atoms with Crippen LogP contribution in [0.15, 0.2) is 48.5 Å². The van der Waals surface area contributed by atoms with Gasteiger partial charge in [0.15, 0.2) is 5.78 Å². The number of ketones is 1. The van der Waals surface area contributed by atoms with Crippen molar-refractivity contribution < 1.29 is 14.3 Å². The van der Waals surface area contributed by atoms with Gasteiger partial charge in [0.05, 0.1) is 18.0 Å². The molecular formula is C16H15BrO3. The highest BCUT2D eigenvalue weighted by atomic mass is 79.9. The third-order valence-corrected chi connectivity index (χ3v) is 3.35. The van der Waals surface area contributed by atoms with E-state index in [-0.39, 0.29) is 11.1 Å². The molecule has 0 aromatic heterocycles. The van der Waals surface area contributed by atoms with Crippen LogP contribution in [0.5, 0.6) is 11.5 Å². The van der Waals surface area contributed by atoms with E-state index in [1.165, 1.54) is 0 Å². The first kappa shape index (κ1) is 14.6. The van der Waals surface area contributed by atoms with Gasteiger partial charge in [0.2, 0.25) is 0 Å². The highest BCUT2D eigenvalue weighted by molar-refractivity contribution is 9.09. The number of carbonyl (C=O) groups is 1. The van der Waals surface area contributed by atoms with E-state index in [0.717, 1.165) is 5.56 Å². The summed E-state index contributed by atoms with van der Waals surface area (Å²) in [4.78, 5) is 11.7. The molecule has 0 bridgehead atoms. The lowest BCUT2D eigenvalue weighted by molar-refractivity contribution is 0.102. The van der Waals surface area contributed by atoms with Crippen molar-refractivity contribution in [3.8, 4) is 11.5 Å². The number of halogens is 1. The molecule has 0 saturated carbocycles. The molecule has 0 unspecified atom stereocenters. The summed E-state index contributed by atoms with van der Waals surface area (Å²) >= 11 is 3.16. The van der Waals surface area contributed by atoms with Crippen molar-refractivity contribution in [2.45, 2.75) is 6.61 Å². The molecule has 0 spiro atoms. The number of ether oxygens (including phenoxy) is 2. The van der Waals surface area contributed by atoms with E-state index in [0.29, 0.717) is 23.7 Å². The maximum Gasteiger partial charge on any atom is 0.177 e. The van der Waals surface area contributed by atoms with Crippen LogP contribution in [0.25, 0.3) is 0 Å². The van der Waals surface area contributed by atoms with Crippen molar-refractivity contribution in [1.29, 1.82) is 0 Å². The highest BCUT2D eigenvalue weighted by Gasteiger charge is 2.12. The van der Waals surface area contributed by atoms with Crippen molar-refractivity contribution in [2.75, 3.05) is 12.4 Å². The fourth-order valence-corrected chi connectivity index (χ4v) is 2.11. The Morgan fingerprint density at radius 3 is 2.55 bits per heavy atom. The van der Waals surface area contributed by atoms with Crippen molar-refractivity contribution in [2.24, 2.45) is 0 Å². The highest BCUT2D eigenvalue weighted by Crippen LogP contribution is 2.26. The Kier molecular flexibility index (Phi) is 5.18. The number of Topliss-reactive ketones (excluding diaryl/α,β-unsaturated/α-hetero) is 1. The number of hydrogen-bond donors (Lipinski definition) is 0. The number of benzene rings is 2. The summed E-state index contributed by atoms with van der Waals surface area (Å²) in [6, 6.07) is 15.1. The van der Waals surface area contributed by atoms with Gasteiger partial charge >= 0.3 is 0 Å². The molecule has 2 aromatic rings. The molecule has 0 N–H and O–H groups in total. The van der Waals surface area contributed by atoms with E-state index in [2.05, 4.69) is 15.9 Å². The molecule has 0 amide bonds. The quantitative estimate of drug-likeness (QED) is 0.594. The minimum atomic E-state index is -0.0172. The van der Waals surface area contributed by atoms with Crippen molar-refractivity contribution in [3.63, 3.8) is 0 Å². The second-order valence-corrected chi connectivity index (χ2v) is 4.75. The maximum absolute atomic E-state index is 11.7. The fourth-order valence-electron chi connectivity index (χ4n) is 1.80. The lowest BCUT2D eigenvalue weighted by Crippen LogP contribution is -2.04. The van der Waals surface area contributed by atoms with Crippen LogP contribution >= 0.6 is 15.9 Å². The molecule has 3 nitrogen and oxygen atoms in total. The first-order valence-electron chi connectivity index (χ1n) is 6.18. The number of carbonyl (C=O) groups excluding carboxylic acids is 1. The van der Waals surface area contributed by atoms with E-state index >= 15 is 0 Å². The van der Waals surface area contributed by atoms with Crippen LogP contribution in [0.4, 0.5) is 0 Å². The van der Waals surface area contributed by atoms with Gasteiger partial charge in [-0.05, 0) is 17.7 Å². The number of hydrogen-bond acceptors (Lipinski definition) is 3. The SMILES string of the molecule is COc1cc(OCc2ccccc2)ccc1C(=O)CBr. The summed E-state index contributed by atoms with van der Waals surface area (Å²) < 4.78 is 10.9. The Hall–Kier alpha value is -1.81. The van der Waals surface area contributed by atoms with Gasteiger partial charge in [0.25, 0.3) is 0 Å². The van der Waals surface area contributed by atoms with Gasteiger partial charge in [-0.2, -0.15) is 0 Å². The monoisotopic (exact) mass is 334 g/mol. The number of methoxy groups -OCH3 is 1. The van der Waals surface area contributed by atoms with Crippen LogP contribution in [0.1, 0.15) is 15.9 Å². The van der Waals surface area contributed by atoms with E-state index in [9.17, 15) is 4.79 Å². The zero-order valence-electron chi connectivity index (χ0n) is 11.1. The van der Waals surface area contributed by atoms with Crippen LogP contribution in [0, 0.1) is 0 Å². The summed E-state index contributed by atoms with van der Waals surface area (Å²) in [6.07, 6.45) is 0. The molecule has 2 aromatic carbocycles. The molecule has 0 aliphatic rings. The third kappa shape index (κ3) is 3.61. The van der Waals surface area contributed by atoms with Crippen molar-refractivity contribution in [1.82, 2.24) is 0 Å². The lowest BCUT2D eigenvalue weighted by Gasteiger charge is -2.10. The molecule has 104 valence electrons. The predicted octanol–water partition coefficient (Wildman–Crippen LogP) is 3.85. The van der Waals surface area contributed by atoms with Gasteiger partial charge in [-0.1, -0.05) is 46.3 Å². The zero-order chi connectivity index (χ0) is 14.4. The largest absolute Gasteiger partial charge is 0.496 e. The molecule has 4 heteroatoms. The van der Waals surface area contributed by atoms with Crippen LogP contribution in [0.2, 0.25) is 0 Å². The standard InChI is InChI=1S/C16H15BrO3/c1-19-16-9-13(7-8-14(16)15(18)10-17)20-11-12-5-3-2-4-6-12/h2-9H,10-11H2,1H3. The number of rotatable bonds is 6. The molecule has 20 heavy (non-hydrogen) atoms. The van der Waals surface area contributed by atoms with E-state index in [4.69, 9.17) is 9.47 Å². The summed E-state index contributed by atoms with van der Waals surface area (Å²) in [7, 11) is 1.54. The summed E-state index contributed by atoms with van der Waals surface area (Å²) in [6.45, 7) is 0.482. The minimum absolute atomic E-state index is 0.0172. The average Bonchev–Trinajstić information content (AvgIpc) is 2.52. The van der Waals surface area contributed by atoms with E-state index < -0.39 is 0 Å². The van der Waals surface area contributed by atoms with Crippen molar-refractivity contribution >= 4 is 21.7 Å². The average molecular weight is 335 g/mol. The summed E-state index contributed by atoms with van der Waals surface area (Å²) in [5.74, 6) is 1.19. The molecule has 0 heterocycles. The second kappa shape index (κ2) is 7.10. The van der Waals surface area contributed by atoms with E-state index in [1.54, 1.807) is 25.3 Å². The molecule has 0 aliphatic heterocycles. The van der Waals surface area contributed by atoms with Crippen LogP contribution in [-0.4, -0.2) is 18.2 Å². The Labute approximate surface area is 126 Å². The summed E-state index contributed by atoms with van der Waals surface area (Å²) in [5, 5.41) is 0.271. The molecular weight excluding hydrogens is 320 g/mol. The van der Waals surface area contributed by atoms with E-state index in [1.807, 2.05) is 30.3 Å². The smallest absolute Gasteiger partial charge is 0.177 e. The Morgan fingerprint density at radius 2 is 1.90 bits per heavy atom. The second-order valence-electron chi connectivity index (χ2n) is 4.19. The Balaban J connectivity index is 2.12. The zero-order valence-corrected chi connectivity index (χ0v) is 12.7. The van der Waals surface area contributed by atoms with Crippen LogP contribution in [-0.2, 0) is 6.61 Å². The fraction of sp³-hybridized carbons (Fsp3) is 0.188. The third-order valence-electron chi connectivity index (χ3n) is 2.84. The normalized spacial score (nSPS) is 10.1. The molecule has 0 atom stereocenters. The summed E-state index contributed by atoms with van der Waals surface area (Å²) in [5.41, 5.74) is 1.64. The Morgan fingerprint density at radius 1 is 1.15 bits per heavy atom. The molecule has 0 aliphatic carbocycles. The predicted molar refractivity (Wildman–Crippen MR) is 81.9 cm³/mol. The van der Waals surface area contributed by atoms with Gasteiger partial charge in [-0.3, -0.25) is 4.79 Å². The number of alkyl halides is 1. The minimum Gasteiger partial charge on any atom is -0.496 e. The van der Waals surface area contributed by atoms with Gasteiger partial charge < -0.3 is 9.47 Å².